The molecule has 7 heteroatoms. The van der Waals surface area contributed by atoms with E-state index in [2.05, 4.69) is 17.5 Å². The maximum Gasteiger partial charge on any atom is 0.255 e. The molecule has 5 rings (SSSR count). The minimum atomic E-state index is -0.337. The number of hydrogen-bond donors (Lipinski definition) is 1. The molecule has 31 heavy (non-hydrogen) atoms. The van der Waals surface area contributed by atoms with E-state index in [9.17, 15) is 14.4 Å². The number of carbonyl (C=O) groups is 3. The van der Waals surface area contributed by atoms with Crippen LogP contribution < -0.4 is 19.7 Å². The molecular weight excluding hydrogens is 396 g/mol. The summed E-state index contributed by atoms with van der Waals surface area (Å²) in [5.41, 5.74) is 1.38. The first-order valence-electron chi connectivity index (χ1n) is 10.2. The summed E-state index contributed by atoms with van der Waals surface area (Å²) >= 11 is 0. The molecule has 0 radical (unpaired) electrons. The zero-order valence-electron chi connectivity index (χ0n) is 17.2. The van der Waals surface area contributed by atoms with Crippen LogP contribution in [-0.2, 0) is 9.59 Å². The van der Waals surface area contributed by atoms with E-state index in [1.165, 1.54) is 12.0 Å². The molecule has 2 aromatic rings. The van der Waals surface area contributed by atoms with Crippen LogP contribution >= 0.6 is 0 Å². The molecule has 1 saturated carbocycles. The predicted octanol–water partition coefficient (Wildman–Crippen LogP) is 3.27. The van der Waals surface area contributed by atoms with E-state index in [-0.39, 0.29) is 41.4 Å². The van der Waals surface area contributed by atoms with Crippen LogP contribution in [0, 0.1) is 23.7 Å². The van der Waals surface area contributed by atoms with Crippen LogP contribution in [0.3, 0.4) is 0 Å². The number of methoxy groups -OCH3 is 2. The van der Waals surface area contributed by atoms with Crippen LogP contribution in [0.15, 0.2) is 54.6 Å². The van der Waals surface area contributed by atoms with Crippen LogP contribution in [0.1, 0.15) is 16.8 Å². The molecule has 2 aromatic carbocycles. The summed E-state index contributed by atoms with van der Waals surface area (Å²) in [5.74, 6) is 0.336. The number of anilines is 2. The Labute approximate surface area is 179 Å². The summed E-state index contributed by atoms with van der Waals surface area (Å²) in [4.78, 5) is 39.9. The second-order valence-electron chi connectivity index (χ2n) is 8.08. The number of allylic oxidation sites excluding steroid dienone is 2. The third-order valence-electron chi connectivity index (χ3n) is 6.51. The Morgan fingerprint density at radius 3 is 2.16 bits per heavy atom. The Bertz CT molecular complexity index is 1080. The van der Waals surface area contributed by atoms with Crippen molar-refractivity contribution in [2.75, 3.05) is 24.4 Å². The molecule has 0 spiro atoms. The average molecular weight is 418 g/mol. The highest BCUT2D eigenvalue weighted by atomic mass is 16.5. The Hall–Kier alpha value is -3.61. The molecule has 1 aliphatic heterocycles. The number of hydrogen-bond acceptors (Lipinski definition) is 5. The van der Waals surface area contributed by atoms with E-state index >= 15 is 0 Å². The maximum absolute atomic E-state index is 12.9. The summed E-state index contributed by atoms with van der Waals surface area (Å²) in [6.45, 7) is 0. The lowest BCUT2D eigenvalue weighted by Crippen LogP contribution is -2.32. The van der Waals surface area contributed by atoms with E-state index in [4.69, 9.17) is 9.47 Å². The molecule has 4 atom stereocenters. The fourth-order valence-electron chi connectivity index (χ4n) is 5.02. The quantitative estimate of drug-likeness (QED) is 0.595. The summed E-state index contributed by atoms with van der Waals surface area (Å²) in [6.07, 6.45) is 5.04. The van der Waals surface area contributed by atoms with Crippen molar-refractivity contribution in [2.24, 2.45) is 23.7 Å². The van der Waals surface area contributed by atoms with Gasteiger partial charge in [0.1, 0.15) is 11.5 Å². The van der Waals surface area contributed by atoms with Crippen molar-refractivity contribution in [1.82, 2.24) is 0 Å². The molecule has 158 valence electrons. The molecule has 3 amide bonds. The average Bonchev–Trinajstić information content (AvgIpc) is 3.47. The Morgan fingerprint density at radius 1 is 0.935 bits per heavy atom. The normalized spacial score (nSPS) is 25.7. The third-order valence-corrected chi connectivity index (χ3v) is 6.51. The SMILES string of the molecule is COc1ccc(OC)c(NC(=O)c2ccc(N3C(=O)[C@@H]4[C@H](C3=O)[C@H]3C=C[C@H]4C3)cc2)c1. The lowest BCUT2D eigenvalue weighted by atomic mass is 9.85. The summed E-state index contributed by atoms with van der Waals surface area (Å²) < 4.78 is 10.5. The molecule has 7 nitrogen and oxygen atoms in total. The number of ether oxygens (including phenoxy) is 2. The molecule has 1 N–H and O–H groups in total. The predicted molar refractivity (Wildman–Crippen MR) is 114 cm³/mol. The highest BCUT2D eigenvalue weighted by molar-refractivity contribution is 6.23. The van der Waals surface area contributed by atoms with E-state index in [1.54, 1.807) is 49.6 Å². The van der Waals surface area contributed by atoms with Gasteiger partial charge in [0.05, 0.1) is 37.4 Å². The molecule has 2 aliphatic carbocycles. The van der Waals surface area contributed by atoms with Crippen LogP contribution in [0.5, 0.6) is 11.5 Å². The number of rotatable bonds is 5. The minimum Gasteiger partial charge on any atom is -0.497 e. The number of carbonyl (C=O) groups excluding carboxylic acids is 3. The molecule has 0 unspecified atom stereocenters. The van der Waals surface area contributed by atoms with Crippen LogP contribution in [0.2, 0.25) is 0 Å². The van der Waals surface area contributed by atoms with Gasteiger partial charge in [-0.05, 0) is 54.7 Å². The minimum absolute atomic E-state index is 0.134. The van der Waals surface area contributed by atoms with Gasteiger partial charge in [0.2, 0.25) is 11.8 Å². The van der Waals surface area contributed by atoms with Gasteiger partial charge in [-0.3, -0.25) is 19.3 Å². The monoisotopic (exact) mass is 418 g/mol. The summed E-state index contributed by atoms with van der Waals surface area (Å²) in [6, 6.07) is 11.6. The summed E-state index contributed by atoms with van der Waals surface area (Å²) in [5, 5.41) is 2.81. The molecule has 2 fully saturated rings. The number of nitrogens with zero attached hydrogens (tertiary/aromatic N) is 1. The third kappa shape index (κ3) is 3.00. The zero-order valence-corrected chi connectivity index (χ0v) is 17.2. The lowest BCUT2D eigenvalue weighted by molar-refractivity contribution is -0.123. The van der Waals surface area contributed by atoms with Gasteiger partial charge < -0.3 is 14.8 Å². The van der Waals surface area contributed by atoms with Crippen molar-refractivity contribution < 1.29 is 23.9 Å². The number of amides is 3. The second kappa shape index (κ2) is 7.27. The van der Waals surface area contributed by atoms with E-state index < -0.39 is 0 Å². The fourth-order valence-corrected chi connectivity index (χ4v) is 5.02. The Morgan fingerprint density at radius 2 is 1.58 bits per heavy atom. The van der Waals surface area contributed by atoms with Crippen molar-refractivity contribution in [3.05, 3.63) is 60.2 Å². The van der Waals surface area contributed by atoms with Gasteiger partial charge in [0.25, 0.3) is 5.91 Å². The molecular formula is C24H22N2O5. The molecule has 0 aromatic heterocycles. The van der Waals surface area contributed by atoms with Crippen molar-refractivity contribution in [3.63, 3.8) is 0 Å². The van der Waals surface area contributed by atoms with Crippen molar-refractivity contribution >= 4 is 29.1 Å². The lowest BCUT2D eigenvalue weighted by Gasteiger charge is -2.17. The first-order chi connectivity index (χ1) is 15.0. The van der Waals surface area contributed by atoms with Gasteiger partial charge in [-0.15, -0.1) is 0 Å². The van der Waals surface area contributed by atoms with Crippen molar-refractivity contribution in [1.29, 1.82) is 0 Å². The first kappa shape index (κ1) is 19.4. The number of benzene rings is 2. The van der Waals surface area contributed by atoms with Gasteiger partial charge in [-0.25, -0.2) is 0 Å². The molecule has 2 bridgehead atoms. The van der Waals surface area contributed by atoms with Crippen LogP contribution in [0.25, 0.3) is 0 Å². The first-order valence-corrected chi connectivity index (χ1v) is 10.2. The fraction of sp³-hybridized carbons (Fsp3) is 0.292. The highest BCUT2D eigenvalue weighted by Crippen LogP contribution is 2.53. The van der Waals surface area contributed by atoms with Crippen LogP contribution in [-0.4, -0.2) is 31.9 Å². The van der Waals surface area contributed by atoms with E-state index in [0.717, 1.165) is 6.42 Å². The Kier molecular flexibility index (Phi) is 4.54. The van der Waals surface area contributed by atoms with Gasteiger partial charge >= 0.3 is 0 Å². The largest absolute Gasteiger partial charge is 0.497 e. The van der Waals surface area contributed by atoms with Gasteiger partial charge in [-0.2, -0.15) is 0 Å². The second-order valence-corrected chi connectivity index (χ2v) is 8.08. The number of nitrogens with one attached hydrogen (secondary N) is 1. The molecule has 1 saturated heterocycles. The Balaban J connectivity index is 1.35. The van der Waals surface area contributed by atoms with Crippen molar-refractivity contribution in [2.45, 2.75) is 6.42 Å². The van der Waals surface area contributed by atoms with Gasteiger partial charge in [-0.1, -0.05) is 12.2 Å². The van der Waals surface area contributed by atoms with Crippen LogP contribution in [0.4, 0.5) is 11.4 Å². The smallest absolute Gasteiger partial charge is 0.255 e. The zero-order chi connectivity index (χ0) is 21.7. The number of fused-ring (bicyclic) bond motifs is 5. The highest BCUT2D eigenvalue weighted by Gasteiger charge is 2.59. The van der Waals surface area contributed by atoms with Gasteiger partial charge in [0, 0.05) is 11.6 Å². The molecule has 3 aliphatic rings. The topological polar surface area (TPSA) is 84.9 Å². The number of imide groups is 1. The maximum atomic E-state index is 12.9. The summed E-state index contributed by atoms with van der Waals surface area (Å²) in [7, 11) is 3.07. The standard InChI is InChI=1S/C24H22N2O5/c1-30-17-9-10-19(31-2)18(12-17)25-22(27)13-5-7-16(8-6-13)26-23(28)20-14-3-4-15(11-14)21(20)24(26)29/h3-10,12,14-15,20-21H,11H2,1-2H3,(H,25,27)/t14-,15-,20-,21+/m0/s1. The van der Waals surface area contributed by atoms with Gasteiger partial charge in [0.15, 0.2) is 0 Å². The van der Waals surface area contributed by atoms with Crippen molar-refractivity contribution in [3.8, 4) is 11.5 Å². The van der Waals surface area contributed by atoms with E-state index in [0.29, 0.717) is 28.4 Å². The molecule has 1 heterocycles. The van der Waals surface area contributed by atoms with E-state index in [1.807, 2.05) is 0 Å².